The molecule has 0 bridgehead atoms. The number of nitrogens with one attached hydrogen (secondary N) is 2. The number of nitrogens with zero attached hydrogens (tertiary/aromatic N) is 4. The molecule has 0 unspecified atom stereocenters. The number of aromatic nitrogens is 4. The van der Waals surface area contributed by atoms with Crippen LogP contribution < -0.4 is 22.1 Å². The van der Waals surface area contributed by atoms with Gasteiger partial charge in [-0.25, -0.2) is 9.97 Å². The highest BCUT2D eigenvalue weighted by Gasteiger charge is 2.07. The van der Waals surface area contributed by atoms with Crippen LogP contribution in [0.4, 0.5) is 17.5 Å². The van der Waals surface area contributed by atoms with Gasteiger partial charge in [0.1, 0.15) is 0 Å². The molecule has 3 rings (SSSR count). The summed E-state index contributed by atoms with van der Waals surface area (Å²) >= 11 is 0. The van der Waals surface area contributed by atoms with Crippen molar-refractivity contribution >= 4 is 34.5 Å². The molecule has 6 N–H and O–H groups in total. The maximum absolute atomic E-state index is 10.9. The van der Waals surface area contributed by atoms with Crippen LogP contribution in [0, 0.1) is 0 Å². The lowest BCUT2D eigenvalue weighted by Gasteiger charge is -2.08. The minimum atomic E-state index is -0.0199. The number of nitrogens with two attached hydrogens (primary N) is 2. The first kappa shape index (κ1) is 17.3. The molecule has 0 radical (unpaired) electrons. The topological polar surface area (TPSA) is 145 Å². The number of rotatable bonds is 6. The second-order valence-corrected chi connectivity index (χ2v) is 5.78. The Labute approximate surface area is 150 Å². The van der Waals surface area contributed by atoms with Gasteiger partial charge in [0.25, 0.3) is 0 Å². The number of hydrogen-bond acceptors (Lipinski definition) is 8. The Hall–Kier alpha value is -3.49. The van der Waals surface area contributed by atoms with Gasteiger partial charge < -0.3 is 22.1 Å². The smallest absolute Gasteiger partial charge is 0.224 e. The van der Waals surface area contributed by atoms with E-state index < -0.39 is 0 Å². The molecule has 0 aliphatic rings. The van der Waals surface area contributed by atoms with Crippen LogP contribution in [0.1, 0.15) is 18.2 Å². The fourth-order valence-corrected chi connectivity index (χ4v) is 2.43. The summed E-state index contributed by atoms with van der Waals surface area (Å²) in [6.07, 6.45) is 2.42. The Morgan fingerprint density at radius 2 is 1.88 bits per heavy atom. The zero-order valence-electron chi connectivity index (χ0n) is 14.4. The average molecular weight is 352 g/mol. The van der Waals surface area contributed by atoms with E-state index in [1.165, 1.54) is 6.92 Å². The first-order valence-corrected chi connectivity index (χ1v) is 8.13. The summed E-state index contributed by atoms with van der Waals surface area (Å²) in [6, 6.07) is 8.00. The van der Waals surface area contributed by atoms with Crippen LogP contribution in [0.25, 0.3) is 11.2 Å². The van der Waals surface area contributed by atoms with Crippen molar-refractivity contribution in [2.24, 2.45) is 0 Å². The van der Waals surface area contributed by atoms with Crippen molar-refractivity contribution in [3.63, 3.8) is 0 Å². The van der Waals surface area contributed by atoms with E-state index in [-0.39, 0.29) is 17.7 Å². The van der Waals surface area contributed by atoms with Crippen molar-refractivity contribution in [2.75, 3.05) is 23.3 Å². The third kappa shape index (κ3) is 4.32. The number of carbonyl (C=O) groups excluding carboxylic acids is 1. The Morgan fingerprint density at radius 3 is 2.62 bits per heavy atom. The first-order valence-electron chi connectivity index (χ1n) is 8.13. The Kier molecular flexibility index (Phi) is 5.07. The van der Waals surface area contributed by atoms with Gasteiger partial charge in [-0.05, 0) is 24.1 Å². The fraction of sp³-hybridized carbons (Fsp3) is 0.235. The summed E-state index contributed by atoms with van der Waals surface area (Å²) in [5.74, 6) is 0.271. The van der Waals surface area contributed by atoms with Gasteiger partial charge in [-0.2, -0.15) is 9.97 Å². The lowest BCUT2D eigenvalue weighted by Crippen LogP contribution is -2.22. The highest BCUT2D eigenvalue weighted by atomic mass is 16.1. The highest BCUT2D eigenvalue weighted by Crippen LogP contribution is 2.16. The Balaban J connectivity index is 1.62. The van der Waals surface area contributed by atoms with Crippen molar-refractivity contribution in [1.29, 1.82) is 0 Å². The second kappa shape index (κ2) is 7.60. The highest BCUT2D eigenvalue weighted by molar-refractivity contribution is 5.81. The summed E-state index contributed by atoms with van der Waals surface area (Å²) < 4.78 is 0. The van der Waals surface area contributed by atoms with E-state index in [2.05, 4.69) is 30.6 Å². The Bertz CT molecular complexity index is 926. The van der Waals surface area contributed by atoms with Gasteiger partial charge in [0.15, 0.2) is 17.0 Å². The second-order valence-electron chi connectivity index (χ2n) is 5.78. The van der Waals surface area contributed by atoms with Gasteiger partial charge in [0, 0.05) is 19.2 Å². The van der Waals surface area contributed by atoms with E-state index in [1.54, 1.807) is 6.20 Å². The number of nitrogen functional groups attached to an aromatic ring is 2. The number of benzene rings is 1. The molecule has 0 atom stereocenters. The van der Waals surface area contributed by atoms with Crippen LogP contribution in [0.5, 0.6) is 0 Å². The lowest BCUT2D eigenvalue weighted by atomic mass is 10.1. The average Bonchev–Trinajstić information content (AvgIpc) is 2.61. The quantitative estimate of drug-likeness (QED) is 0.511. The van der Waals surface area contributed by atoms with Gasteiger partial charge in [-0.3, -0.25) is 4.79 Å². The summed E-state index contributed by atoms with van der Waals surface area (Å²) in [5.41, 5.74) is 15.0. The number of anilines is 3. The van der Waals surface area contributed by atoms with Crippen molar-refractivity contribution < 1.29 is 4.79 Å². The van der Waals surface area contributed by atoms with Crippen molar-refractivity contribution in [2.45, 2.75) is 19.9 Å². The summed E-state index contributed by atoms with van der Waals surface area (Å²) in [5, 5.41) is 6.06. The zero-order chi connectivity index (χ0) is 18.5. The minimum absolute atomic E-state index is 0.0199. The first-order chi connectivity index (χ1) is 12.5. The van der Waals surface area contributed by atoms with Gasteiger partial charge in [-0.15, -0.1) is 0 Å². The normalized spacial score (nSPS) is 10.7. The van der Waals surface area contributed by atoms with Crippen LogP contribution in [-0.4, -0.2) is 32.4 Å². The van der Waals surface area contributed by atoms with Crippen LogP contribution >= 0.6 is 0 Å². The molecular weight excluding hydrogens is 332 g/mol. The Morgan fingerprint density at radius 1 is 1.12 bits per heavy atom. The van der Waals surface area contributed by atoms with Gasteiger partial charge in [0.05, 0.1) is 18.4 Å². The maximum Gasteiger partial charge on any atom is 0.224 e. The van der Waals surface area contributed by atoms with E-state index in [0.29, 0.717) is 29.9 Å². The van der Waals surface area contributed by atoms with E-state index >= 15 is 0 Å². The van der Waals surface area contributed by atoms with E-state index in [9.17, 15) is 4.79 Å². The minimum Gasteiger partial charge on any atom is -0.382 e. The molecule has 1 aromatic carbocycles. The monoisotopic (exact) mass is 352 g/mol. The number of hydrogen-bond donors (Lipinski definition) is 4. The molecule has 9 heteroatoms. The van der Waals surface area contributed by atoms with Gasteiger partial charge >= 0.3 is 0 Å². The molecule has 0 aliphatic carbocycles. The van der Waals surface area contributed by atoms with E-state index in [1.807, 2.05) is 24.3 Å². The lowest BCUT2D eigenvalue weighted by molar-refractivity contribution is -0.118. The molecule has 3 aromatic rings. The summed E-state index contributed by atoms with van der Waals surface area (Å²) in [6.45, 7) is 2.62. The van der Waals surface area contributed by atoms with Crippen molar-refractivity contribution in [3.05, 3.63) is 41.7 Å². The number of carbonyl (C=O) groups is 1. The van der Waals surface area contributed by atoms with Crippen LogP contribution in [0.3, 0.4) is 0 Å². The van der Waals surface area contributed by atoms with Gasteiger partial charge in [0.2, 0.25) is 11.9 Å². The SMILES string of the molecule is CC(=O)NCCc1ccc(NCc2cnc3nc(N)nc(N)c3n2)cc1. The molecule has 0 spiro atoms. The van der Waals surface area contributed by atoms with E-state index in [4.69, 9.17) is 11.5 Å². The summed E-state index contributed by atoms with van der Waals surface area (Å²) in [4.78, 5) is 27.4. The maximum atomic E-state index is 10.9. The zero-order valence-corrected chi connectivity index (χ0v) is 14.4. The van der Waals surface area contributed by atoms with Gasteiger partial charge in [-0.1, -0.05) is 12.1 Å². The van der Waals surface area contributed by atoms with Crippen LogP contribution in [0.2, 0.25) is 0 Å². The molecule has 0 saturated heterocycles. The standard InChI is InChI=1S/C17H20N8O/c1-10(26)20-7-6-11-2-4-12(5-3-11)21-8-13-9-22-16-14(23-13)15(18)24-17(19)25-16/h2-5,9,21H,6-8H2,1H3,(H,20,26)(H4,18,19,22,24,25). The molecule has 0 fully saturated rings. The molecule has 2 heterocycles. The molecule has 1 amide bonds. The number of amides is 1. The number of fused-ring (bicyclic) bond motifs is 1. The third-order valence-electron chi connectivity index (χ3n) is 3.72. The summed E-state index contributed by atoms with van der Waals surface area (Å²) in [7, 11) is 0. The third-order valence-corrected chi connectivity index (χ3v) is 3.72. The van der Waals surface area contributed by atoms with Crippen LogP contribution in [0.15, 0.2) is 30.5 Å². The molecular formula is C17H20N8O. The molecule has 2 aromatic heterocycles. The molecule has 26 heavy (non-hydrogen) atoms. The molecule has 0 aliphatic heterocycles. The van der Waals surface area contributed by atoms with Crippen molar-refractivity contribution in [1.82, 2.24) is 25.3 Å². The van der Waals surface area contributed by atoms with Crippen molar-refractivity contribution in [3.8, 4) is 0 Å². The largest absolute Gasteiger partial charge is 0.382 e. The van der Waals surface area contributed by atoms with Crippen LogP contribution in [-0.2, 0) is 17.8 Å². The predicted octanol–water partition coefficient (Wildman–Crippen LogP) is 0.875. The fourth-order valence-electron chi connectivity index (χ4n) is 2.43. The molecule has 9 nitrogen and oxygen atoms in total. The van der Waals surface area contributed by atoms with E-state index in [0.717, 1.165) is 17.7 Å². The molecule has 0 saturated carbocycles. The predicted molar refractivity (Wildman–Crippen MR) is 100 cm³/mol. The molecule has 134 valence electrons.